The van der Waals surface area contributed by atoms with E-state index in [9.17, 15) is 8.42 Å². The van der Waals surface area contributed by atoms with Gasteiger partial charge >= 0.3 is 0 Å². The van der Waals surface area contributed by atoms with Crippen molar-refractivity contribution in [1.29, 1.82) is 5.26 Å². The summed E-state index contributed by atoms with van der Waals surface area (Å²) in [4.78, 5) is 2.25. The average Bonchev–Trinajstić information content (AvgIpc) is 3.15. The molecule has 3 rings (SSSR count). The fourth-order valence-electron chi connectivity index (χ4n) is 2.13. The molecule has 0 bridgehead atoms. The quantitative estimate of drug-likeness (QED) is 0.500. The van der Waals surface area contributed by atoms with Crippen LogP contribution in [0.3, 0.4) is 0 Å². The zero-order valence-corrected chi connectivity index (χ0v) is 14.9. The Labute approximate surface area is 156 Å². The van der Waals surface area contributed by atoms with Gasteiger partial charge < -0.3 is 9.15 Å². The van der Waals surface area contributed by atoms with Crippen molar-refractivity contribution in [3.63, 3.8) is 0 Å². The number of furan rings is 1. The molecule has 0 amide bonds. The summed E-state index contributed by atoms with van der Waals surface area (Å²) < 4.78 is 35.1. The third kappa shape index (κ3) is 4.96. The van der Waals surface area contributed by atoms with Gasteiger partial charge in [-0.2, -0.15) is 23.6 Å². The molecule has 0 spiro atoms. The molecule has 1 heterocycles. The van der Waals surface area contributed by atoms with Gasteiger partial charge in [0, 0.05) is 0 Å². The Bertz CT molecular complexity index is 1070. The molecule has 1 N–H and O–H groups in total. The van der Waals surface area contributed by atoms with Crippen LogP contribution in [0.4, 0.5) is 0 Å². The molecule has 3 aromatic rings. The molecule has 0 aliphatic heterocycles. The van der Waals surface area contributed by atoms with Crippen LogP contribution in [0.25, 0.3) is 0 Å². The van der Waals surface area contributed by atoms with Crippen molar-refractivity contribution >= 4 is 16.2 Å². The van der Waals surface area contributed by atoms with E-state index in [0.29, 0.717) is 22.8 Å². The molecule has 0 unspecified atom stereocenters. The standard InChI is InChI=1S/C19H15N3O4S/c20-12-15-6-8-16(9-7-15)25-14-18-11-10-17(26-18)13-21-22-27(23,24)19-4-2-1-3-5-19/h1-11,13,22H,14H2. The van der Waals surface area contributed by atoms with Crippen LogP contribution in [0.1, 0.15) is 17.1 Å². The van der Waals surface area contributed by atoms with Crippen LogP contribution >= 0.6 is 0 Å². The first-order chi connectivity index (χ1) is 13.1. The number of hydrogen-bond acceptors (Lipinski definition) is 6. The maximum atomic E-state index is 12.0. The predicted octanol–water partition coefficient (Wildman–Crippen LogP) is 3.04. The number of nitrogens with one attached hydrogen (secondary N) is 1. The van der Waals surface area contributed by atoms with Crippen molar-refractivity contribution in [2.45, 2.75) is 11.5 Å². The predicted molar refractivity (Wildman–Crippen MR) is 98.6 cm³/mol. The summed E-state index contributed by atoms with van der Waals surface area (Å²) in [6, 6.07) is 20.0. The largest absolute Gasteiger partial charge is 0.486 e. The number of nitrogens with zero attached hydrogens (tertiary/aromatic N) is 2. The molecule has 0 atom stereocenters. The van der Waals surface area contributed by atoms with Gasteiger partial charge in [-0.15, -0.1) is 0 Å². The number of sulfonamides is 1. The van der Waals surface area contributed by atoms with Crippen molar-refractivity contribution in [3.8, 4) is 11.8 Å². The Balaban J connectivity index is 1.56. The van der Waals surface area contributed by atoms with Gasteiger partial charge in [0.15, 0.2) is 0 Å². The monoisotopic (exact) mass is 381 g/mol. The zero-order valence-electron chi connectivity index (χ0n) is 14.1. The van der Waals surface area contributed by atoms with E-state index in [1.54, 1.807) is 54.6 Å². The minimum Gasteiger partial charge on any atom is -0.486 e. The van der Waals surface area contributed by atoms with Crippen molar-refractivity contribution in [3.05, 3.63) is 83.8 Å². The Morgan fingerprint density at radius 3 is 2.52 bits per heavy atom. The van der Waals surface area contributed by atoms with Gasteiger partial charge in [-0.1, -0.05) is 18.2 Å². The van der Waals surface area contributed by atoms with Gasteiger partial charge in [0.1, 0.15) is 23.9 Å². The van der Waals surface area contributed by atoms with Crippen LogP contribution < -0.4 is 9.57 Å². The maximum Gasteiger partial charge on any atom is 0.276 e. The smallest absolute Gasteiger partial charge is 0.276 e. The number of hydrogen-bond donors (Lipinski definition) is 1. The third-order valence-corrected chi connectivity index (χ3v) is 4.70. The first kappa shape index (κ1) is 18.2. The van der Waals surface area contributed by atoms with E-state index in [2.05, 4.69) is 9.93 Å². The molecular weight excluding hydrogens is 366 g/mol. The van der Waals surface area contributed by atoms with Crippen LogP contribution in [0, 0.1) is 11.3 Å². The van der Waals surface area contributed by atoms with Crippen LogP contribution in [0.15, 0.2) is 81.1 Å². The lowest BCUT2D eigenvalue weighted by molar-refractivity contribution is 0.270. The number of ether oxygens (including phenoxy) is 1. The molecule has 0 aliphatic carbocycles. The van der Waals surface area contributed by atoms with Crippen molar-refractivity contribution in [1.82, 2.24) is 4.83 Å². The summed E-state index contributed by atoms with van der Waals surface area (Å²) in [7, 11) is -3.71. The second-order valence-electron chi connectivity index (χ2n) is 5.39. The lowest BCUT2D eigenvalue weighted by Gasteiger charge is -2.03. The van der Waals surface area contributed by atoms with Gasteiger partial charge in [0.05, 0.1) is 22.7 Å². The Morgan fingerprint density at radius 2 is 1.81 bits per heavy atom. The summed E-state index contributed by atoms with van der Waals surface area (Å²) in [6.07, 6.45) is 1.27. The highest BCUT2D eigenvalue weighted by Gasteiger charge is 2.11. The van der Waals surface area contributed by atoms with E-state index in [1.807, 2.05) is 6.07 Å². The molecular formula is C19H15N3O4S. The Hall–Kier alpha value is -3.57. The first-order valence-electron chi connectivity index (χ1n) is 7.88. The number of hydrazone groups is 1. The maximum absolute atomic E-state index is 12.0. The second kappa shape index (κ2) is 8.21. The Morgan fingerprint density at radius 1 is 1.07 bits per heavy atom. The minimum atomic E-state index is -3.71. The van der Waals surface area contributed by atoms with Gasteiger partial charge in [-0.3, -0.25) is 0 Å². The molecule has 0 fully saturated rings. The molecule has 27 heavy (non-hydrogen) atoms. The SMILES string of the molecule is N#Cc1ccc(OCc2ccc(C=NNS(=O)(=O)c3ccccc3)o2)cc1. The highest BCUT2D eigenvalue weighted by molar-refractivity contribution is 7.89. The number of nitriles is 1. The number of rotatable bonds is 7. The van der Waals surface area contributed by atoms with Crippen LogP contribution in [-0.2, 0) is 16.6 Å². The van der Waals surface area contributed by atoms with Crippen molar-refractivity contribution in [2.75, 3.05) is 0 Å². The van der Waals surface area contributed by atoms with Gasteiger partial charge in [-0.25, -0.2) is 0 Å². The molecule has 0 aliphatic rings. The van der Waals surface area contributed by atoms with E-state index in [-0.39, 0.29) is 11.5 Å². The van der Waals surface area contributed by atoms with E-state index in [0.717, 1.165) is 0 Å². The molecule has 0 saturated heterocycles. The lowest BCUT2D eigenvalue weighted by atomic mass is 10.2. The topological polar surface area (TPSA) is 105 Å². The normalized spacial score (nSPS) is 11.2. The average molecular weight is 381 g/mol. The molecule has 136 valence electrons. The first-order valence-corrected chi connectivity index (χ1v) is 9.37. The summed E-state index contributed by atoms with van der Waals surface area (Å²) in [5.74, 6) is 1.53. The Kier molecular flexibility index (Phi) is 5.54. The molecule has 1 aromatic heterocycles. The summed E-state index contributed by atoms with van der Waals surface area (Å²) in [5.41, 5.74) is 0.553. The summed E-state index contributed by atoms with van der Waals surface area (Å²) >= 11 is 0. The number of benzene rings is 2. The summed E-state index contributed by atoms with van der Waals surface area (Å²) in [6.45, 7) is 0.190. The molecule has 0 saturated carbocycles. The fourth-order valence-corrected chi connectivity index (χ4v) is 2.95. The lowest BCUT2D eigenvalue weighted by Crippen LogP contribution is -2.18. The zero-order chi connectivity index (χ0) is 19.1. The highest BCUT2D eigenvalue weighted by atomic mass is 32.2. The summed E-state index contributed by atoms with van der Waals surface area (Å²) in [5, 5.41) is 12.5. The van der Waals surface area contributed by atoms with Gasteiger partial charge in [-0.05, 0) is 48.5 Å². The highest BCUT2D eigenvalue weighted by Crippen LogP contribution is 2.15. The molecule has 0 radical (unpaired) electrons. The molecule has 8 heteroatoms. The minimum absolute atomic E-state index is 0.123. The van der Waals surface area contributed by atoms with Crippen molar-refractivity contribution < 1.29 is 17.6 Å². The van der Waals surface area contributed by atoms with E-state index in [1.165, 1.54) is 18.3 Å². The molecule has 2 aromatic carbocycles. The van der Waals surface area contributed by atoms with E-state index >= 15 is 0 Å². The van der Waals surface area contributed by atoms with Gasteiger partial charge in [0.25, 0.3) is 10.0 Å². The van der Waals surface area contributed by atoms with Crippen LogP contribution in [-0.4, -0.2) is 14.6 Å². The van der Waals surface area contributed by atoms with Crippen molar-refractivity contribution in [2.24, 2.45) is 5.10 Å². The fraction of sp³-hybridized carbons (Fsp3) is 0.0526. The van der Waals surface area contributed by atoms with E-state index in [4.69, 9.17) is 14.4 Å². The second-order valence-corrected chi connectivity index (χ2v) is 7.06. The van der Waals surface area contributed by atoms with Crippen LogP contribution in [0.5, 0.6) is 5.75 Å². The van der Waals surface area contributed by atoms with Crippen LogP contribution in [0.2, 0.25) is 0 Å². The molecule has 7 nitrogen and oxygen atoms in total. The van der Waals surface area contributed by atoms with Gasteiger partial charge in [0.2, 0.25) is 0 Å². The third-order valence-electron chi connectivity index (χ3n) is 3.47. The van der Waals surface area contributed by atoms with E-state index < -0.39 is 10.0 Å².